The smallest absolute Gasteiger partial charge is 0.275 e. The van der Waals surface area contributed by atoms with Crippen LogP contribution < -0.4 is 10.9 Å². The molecule has 5 aromatic rings. The normalized spacial score (nSPS) is 12.0. The fraction of sp³-hybridized carbons (Fsp3) is 0.120. The molecule has 156 valence electrons. The van der Waals surface area contributed by atoms with Crippen molar-refractivity contribution >= 4 is 27.6 Å². The molecule has 32 heavy (non-hydrogen) atoms. The summed E-state index contributed by atoms with van der Waals surface area (Å²) in [5, 5.41) is 17.5. The Morgan fingerprint density at radius 1 is 1.03 bits per heavy atom. The summed E-state index contributed by atoms with van der Waals surface area (Å²) in [7, 11) is 1.67. The molecule has 0 saturated carbocycles. The predicted molar refractivity (Wildman–Crippen MR) is 125 cm³/mol. The standard InChI is InChI=1S/C25H20N6O/c1-15(16-6-4-3-5-7-16)29-23-19(12-26)14-27-22-9-8-17(10-20(22)23)18-11-21-24(28-13-18)30-31(2)25(21)32/h3-11,13-15H,1-2H3,(H,27,29)(H,28,30). The van der Waals surface area contributed by atoms with Crippen molar-refractivity contribution < 1.29 is 0 Å². The molecule has 1 unspecified atom stereocenters. The minimum Gasteiger partial charge on any atom is -0.377 e. The van der Waals surface area contributed by atoms with Crippen LogP contribution in [0.2, 0.25) is 0 Å². The minimum absolute atomic E-state index is 0.00143. The van der Waals surface area contributed by atoms with Crippen LogP contribution in [0.3, 0.4) is 0 Å². The first-order valence-corrected chi connectivity index (χ1v) is 10.2. The van der Waals surface area contributed by atoms with Gasteiger partial charge in [0.05, 0.1) is 22.2 Å². The third kappa shape index (κ3) is 3.28. The fourth-order valence-corrected chi connectivity index (χ4v) is 3.92. The molecule has 0 aliphatic carbocycles. The Kier molecular flexibility index (Phi) is 4.68. The van der Waals surface area contributed by atoms with Crippen LogP contribution in [0.15, 0.2) is 71.8 Å². The van der Waals surface area contributed by atoms with E-state index in [9.17, 15) is 10.1 Å². The third-order valence-corrected chi connectivity index (χ3v) is 5.68. The van der Waals surface area contributed by atoms with Gasteiger partial charge in [0.1, 0.15) is 6.07 Å². The lowest BCUT2D eigenvalue weighted by Crippen LogP contribution is -2.11. The molecule has 0 spiro atoms. The number of hydrogen-bond donors (Lipinski definition) is 2. The lowest BCUT2D eigenvalue weighted by molar-refractivity contribution is 0.748. The number of nitrogens with zero attached hydrogens (tertiary/aromatic N) is 4. The predicted octanol–water partition coefficient (Wildman–Crippen LogP) is 4.52. The third-order valence-electron chi connectivity index (χ3n) is 5.68. The van der Waals surface area contributed by atoms with Gasteiger partial charge in [0.15, 0.2) is 5.65 Å². The van der Waals surface area contributed by atoms with Crippen molar-refractivity contribution in [2.45, 2.75) is 13.0 Å². The number of hydrogen-bond acceptors (Lipinski definition) is 5. The van der Waals surface area contributed by atoms with Crippen LogP contribution in [0.1, 0.15) is 24.1 Å². The maximum absolute atomic E-state index is 12.4. The molecule has 0 amide bonds. The highest BCUT2D eigenvalue weighted by Crippen LogP contribution is 2.33. The van der Waals surface area contributed by atoms with Crippen molar-refractivity contribution in [3.8, 4) is 17.2 Å². The van der Waals surface area contributed by atoms with Crippen LogP contribution in [0.5, 0.6) is 0 Å². The molecule has 0 fully saturated rings. The van der Waals surface area contributed by atoms with Gasteiger partial charge in [-0.3, -0.25) is 19.6 Å². The highest BCUT2D eigenvalue weighted by atomic mass is 16.1. The first kappa shape index (κ1) is 19.5. The van der Waals surface area contributed by atoms with Gasteiger partial charge in [-0.15, -0.1) is 0 Å². The summed E-state index contributed by atoms with van der Waals surface area (Å²) < 4.78 is 1.41. The molecule has 0 aliphatic heterocycles. The Morgan fingerprint density at radius 2 is 1.81 bits per heavy atom. The van der Waals surface area contributed by atoms with E-state index in [-0.39, 0.29) is 11.6 Å². The van der Waals surface area contributed by atoms with Gasteiger partial charge in [0, 0.05) is 36.4 Å². The lowest BCUT2D eigenvalue weighted by Gasteiger charge is -2.18. The monoisotopic (exact) mass is 420 g/mol. The molecule has 2 N–H and O–H groups in total. The summed E-state index contributed by atoms with van der Waals surface area (Å²) in [6.45, 7) is 2.06. The summed E-state index contributed by atoms with van der Waals surface area (Å²) in [4.78, 5) is 21.2. The summed E-state index contributed by atoms with van der Waals surface area (Å²) in [5.74, 6) is 0. The molecule has 0 saturated heterocycles. The Morgan fingerprint density at radius 3 is 2.59 bits per heavy atom. The number of aromatic amines is 1. The lowest BCUT2D eigenvalue weighted by atomic mass is 10.0. The van der Waals surface area contributed by atoms with Gasteiger partial charge >= 0.3 is 0 Å². The van der Waals surface area contributed by atoms with E-state index >= 15 is 0 Å². The minimum atomic E-state index is -0.123. The average Bonchev–Trinajstić information content (AvgIpc) is 3.12. The van der Waals surface area contributed by atoms with Gasteiger partial charge in [-0.05, 0) is 36.2 Å². The summed E-state index contributed by atoms with van der Waals surface area (Å²) in [6, 6.07) is 20.0. The number of aryl methyl sites for hydroxylation is 1. The first-order chi connectivity index (χ1) is 15.5. The second-order valence-corrected chi connectivity index (χ2v) is 7.76. The maximum Gasteiger partial charge on any atom is 0.275 e. The van der Waals surface area contributed by atoms with E-state index in [1.807, 2.05) is 42.5 Å². The van der Waals surface area contributed by atoms with Crippen LogP contribution in [0.4, 0.5) is 5.69 Å². The Bertz CT molecular complexity index is 1560. The van der Waals surface area contributed by atoms with Crippen LogP contribution in [-0.2, 0) is 7.05 Å². The van der Waals surface area contributed by atoms with Crippen LogP contribution in [0, 0.1) is 11.3 Å². The molecule has 7 nitrogen and oxygen atoms in total. The van der Waals surface area contributed by atoms with E-state index in [0.717, 1.165) is 33.3 Å². The van der Waals surface area contributed by atoms with Crippen LogP contribution >= 0.6 is 0 Å². The molecular weight excluding hydrogens is 400 g/mol. The van der Waals surface area contributed by atoms with Gasteiger partial charge in [-0.25, -0.2) is 4.98 Å². The molecule has 3 aromatic heterocycles. The molecule has 0 radical (unpaired) electrons. The Balaban J connectivity index is 1.64. The van der Waals surface area contributed by atoms with Gasteiger partial charge in [-0.1, -0.05) is 36.4 Å². The zero-order valence-corrected chi connectivity index (χ0v) is 17.6. The number of nitrogens with one attached hydrogen (secondary N) is 2. The Hall–Kier alpha value is -4.44. The summed E-state index contributed by atoms with van der Waals surface area (Å²) in [5.41, 5.74) is 5.26. The molecular formula is C25H20N6O. The SMILES string of the molecule is CC(Nc1c(C#N)cnc2ccc(-c3cnc4[nH]n(C)c(=O)c4c3)cc12)c1ccccc1. The first-order valence-electron chi connectivity index (χ1n) is 10.2. The van der Waals surface area contributed by atoms with Crippen LogP contribution in [-0.4, -0.2) is 19.7 Å². The van der Waals surface area contributed by atoms with E-state index in [2.05, 4.69) is 45.5 Å². The molecule has 1 atom stereocenters. The van der Waals surface area contributed by atoms with Crippen LogP contribution in [0.25, 0.3) is 33.1 Å². The fourth-order valence-electron chi connectivity index (χ4n) is 3.92. The van der Waals surface area contributed by atoms with Crippen molar-refractivity contribution in [2.75, 3.05) is 5.32 Å². The van der Waals surface area contributed by atoms with E-state index in [1.54, 1.807) is 19.4 Å². The molecule has 7 heteroatoms. The molecule has 5 rings (SSSR count). The number of pyridine rings is 2. The Labute approximate surface area is 184 Å². The number of aromatic nitrogens is 4. The van der Waals surface area contributed by atoms with Crippen molar-refractivity contribution in [1.29, 1.82) is 5.26 Å². The number of fused-ring (bicyclic) bond motifs is 2. The van der Waals surface area contributed by atoms with E-state index < -0.39 is 0 Å². The quantitative estimate of drug-likeness (QED) is 0.445. The van der Waals surface area contributed by atoms with Gasteiger partial charge in [-0.2, -0.15) is 5.26 Å². The zero-order valence-electron chi connectivity index (χ0n) is 17.6. The number of anilines is 1. The van der Waals surface area contributed by atoms with Gasteiger partial charge in [0.2, 0.25) is 0 Å². The van der Waals surface area contributed by atoms with E-state index in [4.69, 9.17) is 0 Å². The number of benzene rings is 2. The number of nitriles is 1. The topological polar surface area (TPSA) is 99.4 Å². The van der Waals surface area contributed by atoms with Crippen molar-refractivity contribution in [3.05, 3.63) is 88.5 Å². The summed E-state index contributed by atoms with van der Waals surface area (Å²) >= 11 is 0. The maximum atomic E-state index is 12.4. The molecule has 0 aliphatic rings. The van der Waals surface area contributed by atoms with Crippen molar-refractivity contribution in [1.82, 2.24) is 19.7 Å². The molecule has 0 bridgehead atoms. The number of H-pyrrole nitrogens is 1. The van der Waals surface area contributed by atoms with Gasteiger partial charge in [0.25, 0.3) is 5.56 Å². The van der Waals surface area contributed by atoms with Gasteiger partial charge < -0.3 is 5.32 Å². The second-order valence-electron chi connectivity index (χ2n) is 7.76. The van der Waals surface area contributed by atoms with Crippen molar-refractivity contribution in [3.63, 3.8) is 0 Å². The summed E-state index contributed by atoms with van der Waals surface area (Å²) in [6.07, 6.45) is 3.33. The molecule has 2 aromatic carbocycles. The van der Waals surface area contributed by atoms with Crippen molar-refractivity contribution in [2.24, 2.45) is 7.05 Å². The van der Waals surface area contributed by atoms with E-state index in [0.29, 0.717) is 16.6 Å². The number of rotatable bonds is 4. The highest BCUT2D eigenvalue weighted by Gasteiger charge is 2.14. The highest BCUT2D eigenvalue weighted by molar-refractivity contribution is 5.97. The zero-order chi connectivity index (χ0) is 22.2. The average molecular weight is 420 g/mol. The largest absolute Gasteiger partial charge is 0.377 e. The van der Waals surface area contributed by atoms with E-state index in [1.165, 1.54) is 4.68 Å². The second kappa shape index (κ2) is 7.67. The molecule has 3 heterocycles.